The molecule has 0 amide bonds. The Morgan fingerprint density at radius 2 is 2.45 bits per heavy atom. The molecular weight excluding hydrogens is 138 g/mol. The molecule has 1 aliphatic rings. The first-order valence-electron chi connectivity index (χ1n) is 3.77. The Labute approximate surface area is 65.6 Å². The number of pyridine rings is 1. The Morgan fingerprint density at radius 3 is 3.27 bits per heavy atom. The number of fused-ring (bicyclic) bond motifs is 1. The minimum Gasteiger partial charge on any atom is -0.384 e. The van der Waals surface area contributed by atoms with Gasteiger partial charge in [-0.1, -0.05) is 6.07 Å². The van der Waals surface area contributed by atoms with Crippen molar-refractivity contribution >= 4 is 11.6 Å². The van der Waals surface area contributed by atoms with Crippen LogP contribution in [-0.4, -0.2) is 11.0 Å². The van der Waals surface area contributed by atoms with E-state index < -0.39 is 0 Å². The first-order chi connectivity index (χ1) is 5.25. The maximum atomic E-state index is 5.53. The van der Waals surface area contributed by atoms with E-state index in [0.717, 1.165) is 12.2 Å². The summed E-state index contributed by atoms with van der Waals surface area (Å²) in [6.07, 6.45) is 1.06. The third kappa shape index (κ3) is 1.02. The molecule has 3 nitrogen and oxygen atoms in total. The molecule has 1 unspecified atom stereocenters. The van der Waals surface area contributed by atoms with E-state index in [-0.39, 0.29) is 0 Å². The second-order valence-corrected chi connectivity index (χ2v) is 2.99. The van der Waals surface area contributed by atoms with Crippen LogP contribution in [0.1, 0.15) is 12.5 Å². The Kier molecular flexibility index (Phi) is 1.24. The van der Waals surface area contributed by atoms with Crippen molar-refractivity contribution in [3.8, 4) is 0 Å². The van der Waals surface area contributed by atoms with Gasteiger partial charge < -0.3 is 11.1 Å². The number of hydrogen-bond donors (Lipinski definition) is 2. The Balaban J connectivity index is 2.43. The highest BCUT2D eigenvalue weighted by molar-refractivity contribution is 5.54. The van der Waals surface area contributed by atoms with Crippen molar-refractivity contribution in [3.05, 3.63) is 17.7 Å². The highest BCUT2D eigenvalue weighted by atomic mass is 15.1. The van der Waals surface area contributed by atoms with Gasteiger partial charge in [0.1, 0.15) is 11.6 Å². The standard InChI is InChI=1S/C8H11N3/c1-5-4-6-2-3-7(9)11-8(6)10-5/h2-3,5H,4H2,1H3,(H3,9,10,11). The second kappa shape index (κ2) is 2.12. The highest BCUT2D eigenvalue weighted by Crippen LogP contribution is 2.23. The number of nitrogens with zero attached hydrogens (tertiary/aromatic N) is 1. The van der Waals surface area contributed by atoms with Crippen LogP contribution in [0.2, 0.25) is 0 Å². The van der Waals surface area contributed by atoms with E-state index in [1.54, 1.807) is 0 Å². The summed E-state index contributed by atoms with van der Waals surface area (Å²) in [4.78, 5) is 4.17. The molecule has 58 valence electrons. The predicted octanol–water partition coefficient (Wildman–Crippen LogP) is 1.02. The van der Waals surface area contributed by atoms with Gasteiger partial charge in [-0.25, -0.2) is 4.98 Å². The van der Waals surface area contributed by atoms with Crippen LogP contribution in [0.25, 0.3) is 0 Å². The number of aromatic nitrogens is 1. The normalized spacial score (nSPS) is 21.0. The summed E-state index contributed by atoms with van der Waals surface area (Å²) in [6, 6.07) is 4.38. The van der Waals surface area contributed by atoms with Crippen molar-refractivity contribution < 1.29 is 0 Å². The number of nitrogens with one attached hydrogen (secondary N) is 1. The Bertz CT molecular complexity index is 283. The molecule has 0 saturated carbocycles. The molecule has 11 heavy (non-hydrogen) atoms. The summed E-state index contributed by atoms with van der Waals surface area (Å²) in [5.41, 5.74) is 6.80. The van der Waals surface area contributed by atoms with Gasteiger partial charge in [-0.05, 0) is 25.0 Å². The van der Waals surface area contributed by atoms with E-state index >= 15 is 0 Å². The Morgan fingerprint density at radius 1 is 1.64 bits per heavy atom. The molecule has 0 fully saturated rings. The van der Waals surface area contributed by atoms with Crippen molar-refractivity contribution in [3.63, 3.8) is 0 Å². The summed E-state index contributed by atoms with van der Waals surface area (Å²) in [5.74, 6) is 1.54. The molecule has 3 N–H and O–H groups in total. The molecule has 0 bridgehead atoms. The smallest absolute Gasteiger partial charge is 0.131 e. The zero-order valence-corrected chi connectivity index (χ0v) is 6.46. The second-order valence-electron chi connectivity index (χ2n) is 2.99. The van der Waals surface area contributed by atoms with Gasteiger partial charge in [-0.2, -0.15) is 0 Å². The molecule has 1 aromatic rings. The van der Waals surface area contributed by atoms with Crippen LogP contribution in [0.15, 0.2) is 12.1 Å². The quantitative estimate of drug-likeness (QED) is 0.579. The molecule has 0 saturated heterocycles. The summed E-state index contributed by atoms with van der Waals surface area (Å²) >= 11 is 0. The van der Waals surface area contributed by atoms with Crippen molar-refractivity contribution in [2.24, 2.45) is 0 Å². The molecule has 2 rings (SSSR count). The van der Waals surface area contributed by atoms with Crippen LogP contribution < -0.4 is 11.1 Å². The van der Waals surface area contributed by atoms with Crippen molar-refractivity contribution in [1.29, 1.82) is 0 Å². The Hall–Kier alpha value is -1.25. The fraction of sp³-hybridized carbons (Fsp3) is 0.375. The van der Waals surface area contributed by atoms with Crippen LogP contribution in [-0.2, 0) is 6.42 Å². The summed E-state index contributed by atoms with van der Waals surface area (Å²) in [7, 11) is 0. The summed E-state index contributed by atoms with van der Waals surface area (Å²) in [5, 5.41) is 3.25. The number of rotatable bonds is 0. The number of nitrogens with two attached hydrogens (primary N) is 1. The SMILES string of the molecule is CC1Cc2ccc(N)nc2N1. The van der Waals surface area contributed by atoms with Gasteiger partial charge >= 0.3 is 0 Å². The molecule has 0 radical (unpaired) electrons. The first kappa shape index (κ1) is 6.46. The molecule has 0 spiro atoms. The van der Waals surface area contributed by atoms with E-state index in [2.05, 4.69) is 17.2 Å². The van der Waals surface area contributed by atoms with Gasteiger partial charge in [-0.15, -0.1) is 0 Å². The fourth-order valence-electron chi connectivity index (χ4n) is 1.41. The molecule has 1 aromatic heterocycles. The van der Waals surface area contributed by atoms with Gasteiger partial charge in [0.25, 0.3) is 0 Å². The van der Waals surface area contributed by atoms with Crippen molar-refractivity contribution in [1.82, 2.24) is 4.98 Å². The van der Waals surface area contributed by atoms with Crippen LogP contribution >= 0.6 is 0 Å². The van der Waals surface area contributed by atoms with E-state index in [9.17, 15) is 0 Å². The van der Waals surface area contributed by atoms with E-state index in [1.807, 2.05) is 12.1 Å². The zero-order chi connectivity index (χ0) is 7.84. The molecule has 0 aromatic carbocycles. The van der Waals surface area contributed by atoms with Gasteiger partial charge in [0.2, 0.25) is 0 Å². The lowest BCUT2D eigenvalue weighted by Gasteiger charge is -2.00. The molecule has 2 heterocycles. The topological polar surface area (TPSA) is 50.9 Å². The number of nitrogen functional groups attached to an aromatic ring is 1. The van der Waals surface area contributed by atoms with Gasteiger partial charge in [-0.3, -0.25) is 0 Å². The third-order valence-electron chi connectivity index (χ3n) is 1.91. The molecule has 3 heteroatoms. The van der Waals surface area contributed by atoms with E-state index in [1.165, 1.54) is 5.56 Å². The monoisotopic (exact) mass is 149 g/mol. The van der Waals surface area contributed by atoms with Gasteiger partial charge in [0.15, 0.2) is 0 Å². The molecule has 1 aliphatic heterocycles. The maximum Gasteiger partial charge on any atom is 0.131 e. The third-order valence-corrected chi connectivity index (χ3v) is 1.91. The van der Waals surface area contributed by atoms with Crippen molar-refractivity contribution in [2.75, 3.05) is 11.1 Å². The average molecular weight is 149 g/mol. The average Bonchev–Trinajstić information content (AvgIpc) is 2.27. The lowest BCUT2D eigenvalue weighted by Crippen LogP contribution is -2.09. The number of hydrogen-bond acceptors (Lipinski definition) is 3. The van der Waals surface area contributed by atoms with Crippen LogP contribution in [0, 0.1) is 0 Å². The minimum absolute atomic E-state index is 0.499. The molecular formula is C8H11N3. The van der Waals surface area contributed by atoms with Crippen LogP contribution in [0.5, 0.6) is 0 Å². The van der Waals surface area contributed by atoms with Gasteiger partial charge in [0, 0.05) is 6.04 Å². The minimum atomic E-state index is 0.499. The van der Waals surface area contributed by atoms with Crippen LogP contribution in [0.3, 0.4) is 0 Å². The largest absolute Gasteiger partial charge is 0.384 e. The molecule has 0 aliphatic carbocycles. The van der Waals surface area contributed by atoms with E-state index in [0.29, 0.717) is 11.9 Å². The molecule has 1 atom stereocenters. The lowest BCUT2D eigenvalue weighted by molar-refractivity contribution is 0.838. The fourth-order valence-corrected chi connectivity index (χ4v) is 1.41. The zero-order valence-electron chi connectivity index (χ0n) is 6.46. The first-order valence-corrected chi connectivity index (χ1v) is 3.77. The predicted molar refractivity (Wildman–Crippen MR) is 45.4 cm³/mol. The maximum absolute atomic E-state index is 5.53. The summed E-state index contributed by atoms with van der Waals surface area (Å²) < 4.78 is 0. The van der Waals surface area contributed by atoms with Crippen LogP contribution in [0.4, 0.5) is 11.6 Å². The lowest BCUT2D eigenvalue weighted by atomic mass is 10.2. The van der Waals surface area contributed by atoms with Gasteiger partial charge in [0.05, 0.1) is 0 Å². The van der Waals surface area contributed by atoms with Crippen molar-refractivity contribution in [2.45, 2.75) is 19.4 Å². The summed E-state index contributed by atoms with van der Waals surface area (Å²) in [6.45, 7) is 2.14. The van der Waals surface area contributed by atoms with E-state index in [4.69, 9.17) is 5.73 Å². The highest BCUT2D eigenvalue weighted by Gasteiger charge is 2.17. The number of anilines is 2.